The van der Waals surface area contributed by atoms with E-state index in [9.17, 15) is 14.4 Å². The summed E-state index contributed by atoms with van der Waals surface area (Å²) in [4.78, 5) is 37.9. The Labute approximate surface area is 378 Å². The number of carbonyl (C=O) groups excluding carboxylic acids is 3. The maximum absolute atomic E-state index is 12.8. The van der Waals surface area contributed by atoms with Crippen LogP contribution in [0.1, 0.15) is 265 Å². The SMILES string of the molecule is CCCCC/C=C\C/C=C\C/C=C\C/C=C\CCCC(=O)OCC(COC(=O)CCCCCCCCCCCC)OC(=O)CCCCCCCCCCCCCCCCCC. The Kier molecular flexibility index (Phi) is 47.9. The molecule has 0 aliphatic rings. The first-order valence-corrected chi connectivity index (χ1v) is 26.1. The van der Waals surface area contributed by atoms with Crippen LogP contribution in [0.5, 0.6) is 0 Å². The molecular formula is C55H98O6. The molecule has 0 aliphatic heterocycles. The van der Waals surface area contributed by atoms with Crippen molar-refractivity contribution >= 4 is 17.9 Å². The lowest BCUT2D eigenvalue weighted by atomic mass is 10.0. The standard InChI is InChI=1S/C55H98O6/c1-4-7-10-13-16-19-22-24-26-28-30-31-33-36-39-42-45-48-54(57)60-51-52(50-59-53(56)47-44-41-38-35-21-18-15-12-9-6-3)61-55(58)49-46-43-40-37-34-32-29-27-25-23-20-17-14-11-8-5-2/h16,19,24,26,30-31,36,39,52H,4-15,17-18,20-23,25,27-29,32-35,37-38,40-51H2,1-3H3/b19-16-,26-24-,31-30-,39-36-. The van der Waals surface area contributed by atoms with Gasteiger partial charge in [-0.15, -0.1) is 0 Å². The van der Waals surface area contributed by atoms with Crippen LogP contribution in [0.25, 0.3) is 0 Å². The topological polar surface area (TPSA) is 78.9 Å². The highest BCUT2D eigenvalue weighted by Gasteiger charge is 2.19. The highest BCUT2D eigenvalue weighted by atomic mass is 16.6. The summed E-state index contributed by atoms with van der Waals surface area (Å²) < 4.78 is 16.7. The molecule has 0 bridgehead atoms. The third-order valence-electron chi connectivity index (χ3n) is 11.3. The van der Waals surface area contributed by atoms with E-state index in [2.05, 4.69) is 69.4 Å². The molecule has 1 unspecified atom stereocenters. The molecule has 0 amide bonds. The molecule has 0 N–H and O–H groups in total. The van der Waals surface area contributed by atoms with Crippen molar-refractivity contribution in [3.05, 3.63) is 48.6 Å². The van der Waals surface area contributed by atoms with Crippen LogP contribution < -0.4 is 0 Å². The van der Waals surface area contributed by atoms with Crippen LogP contribution in [0.4, 0.5) is 0 Å². The Morgan fingerprint density at radius 1 is 0.328 bits per heavy atom. The van der Waals surface area contributed by atoms with Gasteiger partial charge in [-0.3, -0.25) is 14.4 Å². The van der Waals surface area contributed by atoms with E-state index in [4.69, 9.17) is 14.2 Å². The van der Waals surface area contributed by atoms with Gasteiger partial charge in [0.25, 0.3) is 0 Å². The van der Waals surface area contributed by atoms with E-state index in [0.29, 0.717) is 19.3 Å². The van der Waals surface area contributed by atoms with Gasteiger partial charge in [-0.2, -0.15) is 0 Å². The number of rotatable bonds is 47. The molecule has 0 aliphatic carbocycles. The Hall–Kier alpha value is -2.63. The van der Waals surface area contributed by atoms with E-state index in [-0.39, 0.29) is 37.5 Å². The van der Waals surface area contributed by atoms with E-state index in [1.54, 1.807) is 0 Å². The molecule has 0 radical (unpaired) electrons. The lowest BCUT2D eigenvalue weighted by Crippen LogP contribution is -2.30. The number of ether oxygens (including phenoxy) is 3. The molecule has 0 rings (SSSR count). The number of allylic oxidation sites excluding steroid dienone is 8. The summed E-state index contributed by atoms with van der Waals surface area (Å²) in [5, 5.41) is 0. The van der Waals surface area contributed by atoms with Crippen molar-refractivity contribution in [2.45, 2.75) is 271 Å². The zero-order valence-electron chi connectivity index (χ0n) is 40.4. The molecule has 0 aromatic carbocycles. The monoisotopic (exact) mass is 855 g/mol. The van der Waals surface area contributed by atoms with Crippen molar-refractivity contribution in [2.75, 3.05) is 13.2 Å². The average molecular weight is 855 g/mol. The minimum absolute atomic E-state index is 0.0865. The van der Waals surface area contributed by atoms with Gasteiger partial charge in [-0.1, -0.05) is 236 Å². The van der Waals surface area contributed by atoms with E-state index in [1.807, 2.05) is 0 Å². The second-order valence-corrected chi connectivity index (χ2v) is 17.4. The number of hydrogen-bond acceptors (Lipinski definition) is 6. The van der Waals surface area contributed by atoms with Crippen molar-refractivity contribution < 1.29 is 28.6 Å². The predicted octanol–water partition coefficient (Wildman–Crippen LogP) is 17.1. The van der Waals surface area contributed by atoms with Gasteiger partial charge in [0.1, 0.15) is 13.2 Å². The Morgan fingerprint density at radius 3 is 0.984 bits per heavy atom. The molecule has 0 aromatic heterocycles. The number of carbonyl (C=O) groups is 3. The van der Waals surface area contributed by atoms with Gasteiger partial charge in [0.15, 0.2) is 6.10 Å². The fraction of sp³-hybridized carbons (Fsp3) is 0.800. The van der Waals surface area contributed by atoms with E-state index < -0.39 is 6.10 Å². The summed E-state index contributed by atoms with van der Waals surface area (Å²) in [6.45, 7) is 6.57. The summed E-state index contributed by atoms with van der Waals surface area (Å²) in [6, 6.07) is 0. The highest BCUT2D eigenvalue weighted by molar-refractivity contribution is 5.71. The molecule has 0 aromatic rings. The highest BCUT2D eigenvalue weighted by Crippen LogP contribution is 2.16. The number of esters is 3. The summed E-state index contributed by atoms with van der Waals surface area (Å²) >= 11 is 0. The van der Waals surface area contributed by atoms with Gasteiger partial charge in [-0.05, 0) is 57.8 Å². The van der Waals surface area contributed by atoms with Gasteiger partial charge >= 0.3 is 17.9 Å². The molecule has 6 nitrogen and oxygen atoms in total. The van der Waals surface area contributed by atoms with Gasteiger partial charge < -0.3 is 14.2 Å². The second-order valence-electron chi connectivity index (χ2n) is 17.4. The van der Waals surface area contributed by atoms with Crippen molar-refractivity contribution in [3.8, 4) is 0 Å². The summed E-state index contributed by atoms with van der Waals surface area (Å²) in [5.74, 6) is -0.937. The minimum Gasteiger partial charge on any atom is -0.462 e. The molecule has 61 heavy (non-hydrogen) atoms. The predicted molar refractivity (Wildman–Crippen MR) is 261 cm³/mol. The minimum atomic E-state index is -0.789. The quantitative estimate of drug-likeness (QED) is 0.0263. The normalized spacial score (nSPS) is 12.4. The van der Waals surface area contributed by atoms with Crippen LogP contribution in [0.3, 0.4) is 0 Å². The largest absolute Gasteiger partial charge is 0.462 e. The first kappa shape index (κ1) is 58.4. The van der Waals surface area contributed by atoms with E-state index >= 15 is 0 Å². The maximum Gasteiger partial charge on any atom is 0.306 e. The van der Waals surface area contributed by atoms with Crippen molar-refractivity contribution in [1.82, 2.24) is 0 Å². The lowest BCUT2D eigenvalue weighted by Gasteiger charge is -2.18. The lowest BCUT2D eigenvalue weighted by molar-refractivity contribution is -0.167. The van der Waals surface area contributed by atoms with E-state index in [0.717, 1.165) is 64.2 Å². The average Bonchev–Trinajstić information content (AvgIpc) is 3.26. The Morgan fingerprint density at radius 2 is 0.607 bits per heavy atom. The first-order valence-electron chi connectivity index (χ1n) is 26.1. The summed E-state index contributed by atoms with van der Waals surface area (Å²) in [7, 11) is 0. The van der Waals surface area contributed by atoms with Crippen LogP contribution >= 0.6 is 0 Å². The second kappa shape index (κ2) is 50.0. The fourth-order valence-corrected chi connectivity index (χ4v) is 7.38. The zero-order chi connectivity index (χ0) is 44.4. The number of unbranched alkanes of at least 4 members (excludes halogenated alkanes) is 28. The van der Waals surface area contributed by atoms with Crippen LogP contribution in [0.15, 0.2) is 48.6 Å². The molecule has 0 saturated heterocycles. The van der Waals surface area contributed by atoms with Gasteiger partial charge in [-0.25, -0.2) is 0 Å². The molecule has 1 atom stereocenters. The van der Waals surface area contributed by atoms with Crippen LogP contribution in [0, 0.1) is 0 Å². The molecule has 0 heterocycles. The molecule has 0 spiro atoms. The van der Waals surface area contributed by atoms with Crippen molar-refractivity contribution in [1.29, 1.82) is 0 Å². The van der Waals surface area contributed by atoms with Crippen LogP contribution in [-0.2, 0) is 28.6 Å². The van der Waals surface area contributed by atoms with Gasteiger partial charge in [0.05, 0.1) is 0 Å². The third kappa shape index (κ3) is 48.3. The molecule has 0 saturated carbocycles. The molecular weight excluding hydrogens is 757 g/mol. The van der Waals surface area contributed by atoms with Crippen LogP contribution in [0.2, 0.25) is 0 Å². The molecule has 0 fully saturated rings. The molecule has 354 valence electrons. The summed E-state index contributed by atoms with van der Waals surface area (Å²) in [5.41, 5.74) is 0. The van der Waals surface area contributed by atoms with Gasteiger partial charge in [0.2, 0.25) is 0 Å². The number of hydrogen-bond donors (Lipinski definition) is 0. The smallest absolute Gasteiger partial charge is 0.306 e. The van der Waals surface area contributed by atoms with Gasteiger partial charge in [0, 0.05) is 19.3 Å². The maximum atomic E-state index is 12.8. The third-order valence-corrected chi connectivity index (χ3v) is 11.3. The summed E-state index contributed by atoms with van der Waals surface area (Å²) in [6.07, 6.45) is 59.6. The van der Waals surface area contributed by atoms with E-state index in [1.165, 1.54) is 154 Å². The first-order chi connectivity index (χ1) is 30.0. The fourth-order valence-electron chi connectivity index (χ4n) is 7.38. The Balaban J connectivity index is 4.41. The van der Waals surface area contributed by atoms with Crippen LogP contribution in [-0.4, -0.2) is 37.2 Å². The van der Waals surface area contributed by atoms with Crippen molar-refractivity contribution in [2.24, 2.45) is 0 Å². The zero-order valence-corrected chi connectivity index (χ0v) is 40.4. The molecule has 6 heteroatoms. The Bertz CT molecular complexity index is 1070. The van der Waals surface area contributed by atoms with Crippen molar-refractivity contribution in [3.63, 3.8) is 0 Å².